The summed E-state index contributed by atoms with van der Waals surface area (Å²) in [5, 5.41) is 5.22. The molecule has 1 saturated heterocycles. The summed E-state index contributed by atoms with van der Waals surface area (Å²) in [6, 6.07) is 8.60. The van der Waals surface area contributed by atoms with Gasteiger partial charge in [0.1, 0.15) is 0 Å². The first-order valence-corrected chi connectivity index (χ1v) is 8.84. The molecular formula is C14H22N4O3S. The van der Waals surface area contributed by atoms with Gasteiger partial charge in [0.15, 0.2) is 0 Å². The number of hydrogen-bond acceptors (Lipinski definition) is 4. The molecule has 1 aromatic rings. The van der Waals surface area contributed by atoms with Gasteiger partial charge in [-0.3, -0.25) is 0 Å². The molecule has 1 aliphatic heterocycles. The maximum Gasteiger partial charge on any atom is 0.319 e. The Balaban J connectivity index is 1.74. The van der Waals surface area contributed by atoms with Crippen molar-refractivity contribution in [2.45, 2.75) is 0 Å². The average Bonchev–Trinajstić information content (AvgIpc) is 2.48. The molecule has 7 nitrogen and oxygen atoms in total. The summed E-state index contributed by atoms with van der Waals surface area (Å²) in [4.78, 5) is 13.8. The smallest absolute Gasteiger partial charge is 0.319 e. The Bertz CT molecular complexity index is 583. The van der Waals surface area contributed by atoms with Crippen LogP contribution in [0.3, 0.4) is 0 Å². The summed E-state index contributed by atoms with van der Waals surface area (Å²) >= 11 is 0. The molecule has 0 atom stereocenters. The highest BCUT2D eigenvalue weighted by Crippen LogP contribution is 2.07. The Kier molecular flexibility index (Phi) is 5.76. The van der Waals surface area contributed by atoms with Crippen LogP contribution in [0.25, 0.3) is 0 Å². The van der Waals surface area contributed by atoms with E-state index in [1.54, 1.807) is 12.1 Å². The fraction of sp³-hybridized carbons (Fsp3) is 0.500. The highest BCUT2D eigenvalue weighted by molar-refractivity contribution is 7.89. The minimum absolute atomic E-state index is 0.0844. The maximum absolute atomic E-state index is 12.2. The van der Waals surface area contributed by atoms with Gasteiger partial charge in [-0.05, 0) is 19.2 Å². The van der Waals surface area contributed by atoms with Crippen LogP contribution < -0.4 is 10.6 Å². The highest BCUT2D eigenvalue weighted by Gasteiger charge is 2.25. The van der Waals surface area contributed by atoms with Crippen LogP contribution >= 0.6 is 0 Å². The van der Waals surface area contributed by atoms with Crippen molar-refractivity contribution in [3.8, 4) is 0 Å². The van der Waals surface area contributed by atoms with Gasteiger partial charge in [0, 0.05) is 38.4 Å². The van der Waals surface area contributed by atoms with Gasteiger partial charge in [-0.1, -0.05) is 18.2 Å². The van der Waals surface area contributed by atoms with E-state index in [2.05, 4.69) is 15.5 Å². The predicted octanol–water partition coefficient (Wildman–Crippen LogP) is 0.385. The SMILES string of the molecule is CN1CCN(S(=O)(=O)CCNC(=O)Nc2ccccc2)CC1. The van der Waals surface area contributed by atoms with Crippen LogP contribution in [0.1, 0.15) is 0 Å². The number of amides is 2. The van der Waals surface area contributed by atoms with E-state index >= 15 is 0 Å². The number of hydrogen-bond donors (Lipinski definition) is 2. The van der Waals surface area contributed by atoms with Crippen LogP contribution in [0.4, 0.5) is 10.5 Å². The fourth-order valence-electron chi connectivity index (χ4n) is 2.19. The summed E-state index contributed by atoms with van der Waals surface area (Å²) in [6.45, 7) is 2.58. The van der Waals surface area contributed by atoms with E-state index in [0.29, 0.717) is 18.8 Å². The topological polar surface area (TPSA) is 81.8 Å². The minimum atomic E-state index is -3.31. The van der Waals surface area contributed by atoms with Crippen LogP contribution in [0.15, 0.2) is 30.3 Å². The molecule has 0 bridgehead atoms. The number of piperazine rings is 1. The van der Waals surface area contributed by atoms with E-state index in [4.69, 9.17) is 0 Å². The molecule has 22 heavy (non-hydrogen) atoms. The minimum Gasteiger partial charge on any atom is -0.337 e. The van der Waals surface area contributed by atoms with Crippen LogP contribution in [0.5, 0.6) is 0 Å². The molecule has 1 aliphatic rings. The molecule has 1 heterocycles. The largest absolute Gasteiger partial charge is 0.337 e. The average molecular weight is 326 g/mol. The second-order valence-corrected chi connectivity index (χ2v) is 7.35. The molecule has 2 amide bonds. The first-order chi connectivity index (χ1) is 10.5. The Hall–Kier alpha value is -1.64. The number of carbonyl (C=O) groups excluding carboxylic acids is 1. The first kappa shape index (κ1) is 16.7. The number of anilines is 1. The number of benzene rings is 1. The molecule has 1 fully saturated rings. The van der Waals surface area contributed by atoms with E-state index in [1.165, 1.54) is 4.31 Å². The molecule has 1 aromatic carbocycles. The molecule has 8 heteroatoms. The highest BCUT2D eigenvalue weighted by atomic mass is 32.2. The monoisotopic (exact) mass is 326 g/mol. The van der Waals surface area contributed by atoms with Gasteiger partial charge in [0.05, 0.1) is 5.75 Å². The quantitative estimate of drug-likeness (QED) is 0.820. The van der Waals surface area contributed by atoms with Crippen molar-refractivity contribution in [1.29, 1.82) is 0 Å². The van der Waals surface area contributed by atoms with Crippen molar-refractivity contribution in [2.75, 3.05) is 50.8 Å². The van der Waals surface area contributed by atoms with Gasteiger partial charge in [0.2, 0.25) is 10.0 Å². The van der Waals surface area contributed by atoms with Crippen molar-refractivity contribution < 1.29 is 13.2 Å². The number of nitrogens with zero attached hydrogens (tertiary/aromatic N) is 2. The lowest BCUT2D eigenvalue weighted by Gasteiger charge is -2.31. The Morgan fingerprint density at radius 2 is 1.77 bits per heavy atom. The van der Waals surface area contributed by atoms with Crippen molar-refractivity contribution in [1.82, 2.24) is 14.5 Å². The third-order valence-electron chi connectivity index (χ3n) is 3.53. The molecule has 0 aromatic heterocycles. The zero-order chi connectivity index (χ0) is 16.0. The molecule has 0 saturated carbocycles. The van der Waals surface area contributed by atoms with Crippen LogP contribution in [-0.4, -0.2) is 69.2 Å². The number of likely N-dealkylation sites (N-methyl/N-ethyl adjacent to an activating group) is 1. The van der Waals surface area contributed by atoms with Crippen molar-refractivity contribution in [3.63, 3.8) is 0 Å². The summed E-state index contributed by atoms with van der Waals surface area (Å²) in [5.74, 6) is -0.0844. The number of rotatable bonds is 5. The zero-order valence-corrected chi connectivity index (χ0v) is 13.5. The number of nitrogens with one attached hydrogen (secondary N) is 2. The van der Waals surface area contributed by atoms with Gasteiger partial charge in [0.25, 0.3) is 0 Å². The first-order valence-electron chi connectivity index (χ1n) is 7.24. The number of urea groups is 1. The van der Waals surface area contributed by atoms with Crippen LogP contribution in [-0.2, 0) is 10.0 Å². The molecule has 0 spiro atoms. The van der Waals surface area contributed by atoms with Crippen molar-refractivity contribution in [3.05, 3.63) is 30.3 Å². The molecule has 0 radical (unpaired) electrons. The third-order valence-corrected chi connectivity index (χ3v) is 5.40. The van der Waals surface area contributed by atoms with Gasteiger partial charge in [-0.2, -0.15) is 4.31 Å². The van der Waals surface area contributed by atoms with E-state index in [0.717, 1.165) is 13.1 Å². The van der Waals surface area contributed by atoms with Crippen molar-refractivity contribution >= 4 is 21.7 Å². The van der Waals surface area contributed by atoms with Gasteiger partial charge in [-0.15, -0.1) is 0 Å². The molecular weight excluding hydrogens is 304 g/mol. The standard InChI is InChI=1S/C14H22N4O3S/c1-17-8-10-18(11-9-17)22(20,21)12-7-15-14(19)16-13-5-3-2-4-6-13/h2-6H,7-12H2,1H3,(H2,15,16,19). The molecule has 0 unspecified atom stereocenters. The Labute approximate surface area is 131 Å². The second kappa shape index (κ2) is 7.57. The molecule has 2 rings (SSSR count). The normalized spacial score (nSPS) is 17.1. The van der Waals surface area contributed by atoms with Crippen molar-refractivity contribution in [2.24, 2.45) is 0 Å². The van der Waals surface area contributed by atoms with E-state index < -0.39 is 16.1 Å². The second-order valence-electron chi connectivity index (χ2n) is 5.27. The number of sulfonamides is 1. The van der Waals surface area contributed by atoms with E-state index in [-0.39, 0.29) is 12.3 Å². The molecule has 2 N–H and O–H groups in total. The number of carbonyl (C=O) groups is 1. The summed E-state index contributed by atoms with van der Waals surface area (Å²) < 4.78 is 25.8. The van der Waals surface area contributed by atoms with E-state index in [9.17, 15) is 13.2 Å². The summed E-state index contributed by atoms with van der Waals surface area (Å²) in [7, 11) is -1.34. The lowest BCUT2D eigenvalue weighted by atomic mass is 10.3. The van der Waals surface area contributed by atoms with Gasteiger partial charge >= 0.3 is 6.03 Å². The molecule has 122 valence electrons. The number of para-hydroxylation sites is 1. The maximum atomic E-state index is 12.2. The molecule has 0 aliphatic carbocycles. The fourth-order valence-corrected chi connectivity index (χ4v) is 3.52. The van der Waals surface area contributed by atoms with E-state index in [1.807, 2.05) is 25.2 Å². The Morgan fingerprint density at radius 3 is 2.41 bits per heavy atom. The van der Waals surface area contributed by atoms with Gasteiger partial charge in [-0.25, -0.2) is 13.2 Å². The van der Waals surface area contributed by atoms with Gasteiger partial charge < -0.3 is 15.5 Å². The summed E-state index contributed by atoms with van der Waals surface area (Å²) in [5.41, 5.74) is 0.668. The lowest BCUT2D eigenvalue weighted by molar-refractivity contribution is 0.222. The predicted molar refractivity (Wildman–Crippen MR) is 86.3 cm³/mol. The van der Waals surface area contributed by atoms with Crippen LogP contribution in [0, 0.1) is 0 Å². The zero-order valence-electron chi connectivity index (χ0n) is 12.7. The Morgan fingerprint density at radius 1 is 1.14 bits per heavy atom. The van der Waals surface area contributed by atoms with Crippen LogP contribution in [0.2, 0.25) is 0 Å². The summed E-state index contributed by atoms with van der Waals surface area (Å²) in [6.07, 6.45) is 0. The third kappa shape index (κ3) is 4.97. The lowest BCUT2D eigenvalue weighted by Crippen LogP contribution is -2.48.